The van der Waals surface area contributed by atoms with E-state index < -0.39 is 5.97 Å². The van der Waals surface area contributed by atoms with E-state index in [1.54, 1.807) is 30.3 Å². The first-order valence-electron chi connectivity index (χ1n) is 9.62. The Labute approximate surface area is 171 Å². The number of carbonyl (C=O) groups excluding carboxylic acids is 1. The van der Waals surface area contributed by atoms with Gasteiger partial charge in [-0.1, -0.05) is 49.4 Å². The summed E-state index contributed by atoms with van der Waals surface area (Å²) >= 11 is 0. The SMILES string of the molecule is CCCOc1ccc(/C=C/C(=O)Oc2ccc(OCc3ccccc3)cc2)cc1. The van der Waals surface area contributed by atoms with Crippen molar-refractivity contribution in [3.05, 3.63) is 96.1 Å². The molecule has 0 unspecified atom stereocenters. The van der Waals surface area contributed by atoms with Gasteiger partial charge in [0.05, 0.1) is 6.61 Å². The Hall–Kier alpha value is -3.53. The largest absolute Gasteiger partial charge is 0.494 e. The van der Waals surface area contributed by atoms with Gasteiger partial charge in [-0.3, -0.25) is 0 Å². The van der Waals surface area contributed by atoms with Crippen molar-refractivity contribution in [3.8, 4) is 17.2 Å². The molecule has 0 aliphatic heterocycles. The summed E-state index contributed by atoms with van der Waals surface area (Å²) in [5.74, 6) is 1.57. The number of hydrogen-bond donors (Lipinski definition) is 0. The van der Waals surface area contributed by atoms with Crippen molar-refractivity contribution in [2.24, 2.45) is 0 Å². The predicted octanol–water partition coefficient (Wildman–Crippen LogP) is 5.67. The van der Waals surface area contributed by atoms with Crippen molar-refractivity contribution in [1.29, 1.82) is 0 Å². The average molecular weight is 388 g/mol. The molecule has 0 aliphatic carbocycles. The number of rotatable bonds is 9. The molecule has 0 N–H and O–H groups in total. The first kappa shape index (κ1) is 20.2. The van der Waals surface area contributed by atoms with E-state index in [-0.39, 0.29) is 0 Å². The van der Waals surface area contributed by atoms with E-state index in [4.69, 9.17) is 14.2 Å². The number of benzene rings is 3. The molecular weight excluding hydrogens is 364 g/mol. The zero-order chi connectivity index (χ0) is 20.3. The summed E-state index contributed by atoms with van der Waals surface area (Å²) in [6, 6.07) is 24.5. The highest BCUT2D eigenvalue weighted by molar-refractivity contribution is 5.88. The quantitative estimate of drug-likeness (QED) is 0.269. The fourth-order valence-electron chi connectivity index (χ4n) is 2.55. The van der Waals surface area contributed by atoms with Gasteiger partial charge in [-0.25, -0.2) is 4.79 Å². The van der Waals surface area contributed by atoms with E-state index in [0.29, 0.717) is 19.0 Å². The minimum atomic E-state index is -0.436. The van der Waals surface area contributed by atoms with E-state index in [1.807, 2.05) is 54.6 Å². The van der Waals surface area contributed by atoms with Crippen LogP contribution in [0.4, 0.5) is 0 Å². The fraction of sp³-hybridized carbons (Fsp3) is 0.160. The number of ether oxygens (including phenoxy) is 3. The summed E-state index contributed by atoms with van der Waals surface area (Å²) in [6.07, 6.45) is 4.08. The Morgan fingerprint density at radius 2 is 1.41 bits per heavy atom. The zero-order valence-electron chi connectivity index (χ0n) is 16.4. The minimum absolute atomic E-state index is 0.436. The summed E-state index contributed by atoms with van der Waals surface area (Å²) < 4.78 is 16.6. The van der Waals surface area contributed by atoms with E-state index in [0.717, 1.165) is 29.0 Å². The third-order valence-electron chi connectivity index (χ3n) is 4.06. The summed E-state index contributed by atoms with van der Waals surface area (Å²) in [6.45, 7) is 3.25. The highest BCUT2D eigenvalue weighted by atomic mass is 16.5. The van der Waals surface area contributed by atoms with Gasteiger partial charge in [0, 0.05) is 6.08 Å². The predicted molar refractivity (Wildman–Crippen MR) is 114 cm³/mol. The second-order valence-electron chi connectivity index (χ2n) is 6.42. The monoisotopic (exact) mass is 388 g/mol. The van der Waals surface area contributed by atoms with Crippen LogP contribution in [0, 0.1) is 0 Å². The van der Waals surface area contributed by atoms with Gasteiger partial charge >= 0.3 is 5.97 Å². The highest BCUT2D eigenvalue weighted by Gasteiger charge is 2.02. The first-order chi connectivity index (χ1) is 14.2. The van der Waals surface area contributed by atoms with Gasteiger partial charge in [-0.15, -0.1) is 0 Å². The van der Waals surface area contributed by atoms with Gasteiger partial charge < -0.3 is 14.2 Å². The highest BCUT2D eigenvalue weighted by Crippen LogP contribution is 2.19. The molecule has 0 aromatic heterocycles. The maximum Gasteiger partial charge on any atom is 0.336 e. The molecule has 29 heavy (non-hydrogen) atoms. The van der Waals surface area contributed by atoms with Crippen LogP contribution in [0.2, 0.25) is 0 Å². The molecule has 3 rings (SSSR count). The van der Waals surface area contributed by atoms with E-state index in [9.17, 15) is 4.79 Å². The van der Waals surface area contributed by atoms with Crippen molar-refractivity contribution in [1.82, 2.24) is 0 Å². The van der Waals surface area contributed by atoms with Crippen LogP contribution in [0.15, 0.2) is 84.9 Å². The fourth-order valence-corrected chi connectivity index (χ4v) is 2.55. The van der Waals surface area contributed by atoms with Crippen molar-refractivity contribution in [3.63, 3.8) is 0 Å². The van der Waals surface area contributed by atoms with Crippen LogP contribution in [0.3, 0.4) is 0 Å². The molecular formula is C25H24O4. The number of esters is 1. The molecule has 0 radical (unpaired) electrons. The smallest absolute Gasteiger partial charge is 0.336 e. The van der Waals surface area contributed by atoms with Crippen LogP contribution in [0.1, 0.15) is 24.5 Å². The summed E-state index contributed by atoms with van der Waals surface area (Å²) in [7, 11) is 0. The van der Waals surface area contributed by atoms with Gasteiger partial charge in [0.25, 0.3) is 0 Å². The summed E-state index contributed by atoms with van der Waals surface area (Å²) in [5, 5.41) is 0. The molecule has 0 fully saturated rings. The second kappa shape index (κ2) is 10.7. The maximum atomic E-state index is 12.0. The Morgan fingerprint density at radius 3 is 2.10 bits per heavy atom. The lowest BCUT2D eigenvalue weighted by Gasteiger charge is -2.07. The lowest BCUT2D eigenvalue weighted by molar-refractivity contribution is -0.128. The van der Waals surface area contributed by atoms with E-state index in [1.165, 1.54) is 6.08 Å². The van der Waals surface area contributed by atoms with Gasteiger partial charge in [0.1, 0.15) is 23.9 Å². The molecule has 3 aromatic carbocycles. The third-order valence-corrected chi connectivity index (χ3v) is 4.06. The second-order valence-corrected chi connectivity index (χ2v) is 6.42. The van der Waals surface area contributed by atoms with Gasteiger partial charge in [0.15, 0.2) is 0 Å². The molecule has 148 valence electrons. The minimum Gasteiger partial charge on any atom is -0.494 e. The summed E-state index contributed by atoms with van der Waals surface area (Å²) in [4.78, 5) is 12.0. The normalized spacial score (nSPS) is 10.7. The molecule has 4 nitrogen and oxygen atoms in total. The van der Waals surface area contributed by atoms with Gasteiger partial charge in [0.2, 0.25) is 0 Å². The first-order valence-corrected chi connectivity index (χ1v) is 9.62. The molecule has 0 spiro atoms. The number of carbonyl (C=O) groups is 1. The van der Waals surface area contributed by atoms with Gasteiger partial charge in [-0.05, 0) is 60.0 Å². The molecule has 0 atom stereocenters. The molecule has 0 heterocycles. The molecule has 0 aliphatic rings. The lowest BCUT2D eigenvalue weighted by atomic mass is 10.2. The van der Waals surface area contributed by atoms with Crippen molar-refractivity contribution >= 4 is 12.0 Å². The van der Waals surface area contributed by atoms with Crippen molar-refractivity contribution < 1.29 is 19.0 Å². The Morgan fingerprint density at radius 1 is 0.793 bits per heavy atom. The molecule has 0 saturated heterocycles. The Bertz CT molecular complexity index is 913. The van der Waals surface area contributed by atoms with Crippen LogP contribution in [0.25, 0.3) is 6.08 Å². The zero-order valence-corrected chi connectivity index (χ0v) is 16.4. The maximum absolute atomic E-state index is 12.0. The number of hydrogen-bond acceptors (Lipinski definition) is 4. The van der Waals surface area contributed by atoms with Crippen LogP contribution in [-0.2, 0) is 11.4 Å². The van der Waals surface area contributed by atoms with Crippen LogP contribution in [0.5, 0.6) is 17.2 Å². The third kappa shape index (κ3) is 6.85. The Kier molecular flexibility index (Phi) is 7.47. The molecule has 3 aromatic rings. The van der Waals surface area contributed by atoms with Gasteiger partial charge in [-0.2, -0.15) is 0 Å². The molecule has 0 amide bonds. The summed E-state index contributed by atoms with van der Waals surface area (Å²) in [5.41, 5.74) is 1.99. The van der Waals surface area contributed by atoms with Crippen molar-refractivity contribution in [2.45, 2.75) is 20.0 Å². The van der Waals surface area contributed by atoms with Crippen LogP contribution in [-0.4, -0.2) is 12.6 Å². The van der Waals surface area contributed by atoms with E-state index >= 15 is 0 Å². The molecule has 4 heteroatoms. The van der Waals surface area contributed by atoms with Crippen molar-refractivity contribution in [2.75, 3.05) is 6.61 Å². The lowest BCUT2D eigenvalue weighted by Crippen LogP contribution is -2.03. The molecule has 0 saturated carbocycles. The van der Waals surface area contributed by atoms with Crippen LogP contribution < -0.4 is 14.2 Å². The Balaban J connectivity index is 1.48. The topological polar surface area (TPSA) is 44.8 Å². The average Bonchev–Trinajstić information content (AvgIpc) is 2.77. The van der Waals surface area contributed by atoms with Crippen LogP contribution >= 0.6 is 0 Å². The standard InChI is InChI=1S/C25H24O4/c1-2-18-27-22-11-8-20(9-12-22)10-17-25(26)29-24-15-13-23(14-16-24)28-19-21-6-4-3-5-7-21/h3-17H,2,18-19H2,1H3/b17-10+. The van der Waals surface area contributed by atoms with E-state index in [2.05, 4.69) is 6.92 Å². The molecule has 0 bridgehead atoms.